The zero-order valence-electron chi connectivity index (χ0n) is 19.7. The van der Waals surface area contributed by atoms with E-state index in [0.717, 1.165) is 31.7 Å². The first-order valence-electron chi connectivity index (χ1n) is 11.2. The number of piperazine rings is 1. The van der Waals surface area contributed by atoms with E-state index in [2.05, 4.69) is 32.5 Å². The Kier molecular flexibility index (Phi) is 6.69. The average molecular weight is 467 g/mol. The van der Waals surface area contributed by atoms with Crippen LogP contribution in [0.15, 0.2) is 36.5 Å². The Morgan fingerprint density at radius 3 is 2.68 bits per heavy atom. The van der Waals surface area contributed by atoms with E-state index in [4.69, 9.17) is 4.74 Å². The van der Waals surface area contributed by atoms with Gasteiger partial charge in [0.2, 0.25) is 6.41 Å². The molecule has 1 aromatic heterocycles. The molecule has 2 aliphatic rings. The molecule has 2 aromatic rings. The zero-order chi connectivity index (χ0) is 24.3. The Bertz CT molecular complexity index is 1080. The fourth-order valence-corrected chi connectivity index (χ4v) is 4.66. The van der Waals surface area contributed by atoms with E-state index < -0.39 is 11.4 Å². The standard InChI is InChI=1S/C24H30N6O4/c1-25-23(33)24(27-16-31,15-30-14-17-6-7-18(34-3)13-19(17)22(30)32)20-5-4-8-26-21(20)29-11-9-28(2)10-12-29/h4-8,13,16H,9-12,14-15H2,1-3H3,(H,25,33)(H,27,31). The molecule has 10 heteroatoms. The molecule has 0 saturated carbocycles. The third-order valence-corrected chi connectivity index (χ3v) is 6.59. The van der Waals surface area contributed by atoms with Crippen LogP contribution in [0.5, 0.6) is 5.75 Å². The fraction of sp³-hybridized carbons (Fsp3) is 0.417. The number of methoxy groups -OCH3 is 1. The van der Waals surface area contributed by atoms with Crippen LogP contribution in [-0.2, 0) is 21.7 Å². The van der Waals surface area contributed by atoms with Crippen molar-refractivity contribution < 1.29 is 19.1 Å². The number of anilines is 1. The van der Waals surface area contributed by atoms with Crippen LogP contribution in [0.2, 0.25) is 0 Å². The third-order valence-electron chi connectivity index (χ3n) is 6.59. The summed E-state index contributed by atoms with van der Waals surface area (Å²) in [6.45, 7) is 3.45. The fourth-order valence-electron chi connectivity index (χ4n) is 4.66. The number of pyridine rings is 1. The van der Waals surface area contributed by atoms with Gasteiger partial charge in [-0.05, 0) is 30.8 Å². The summed E-state index contributed by atoms with van der Waals surface area (Å²) in [5.74, 6) is 0.561. The second-order valence-electron chi connectivity index (χ2n) is 8.60. The number of nitrogens with zero attached hydrogens (tertiary/aromatic N) is 4. The quantitative estimate of drug-likeness (QED) is 0.535. The summed E-state index contributed by atoms with van der Waals surface area (Å²) >= 11 is 0. The second-order valence-corrected chi connectivity index (χ2v) is 8.60. The van der Waals surface area contributed by atoms with Crippen molar-refractivity contribution in [1.29, 1.82) is 0 Å². The minimum Gasteiger partial charge on any atom is -0.497 e. The molecule has 1 atom stereocenters. The largest absolute Gasteiger partial charge is 0.497 e. The molecule has 0 bridgehead atoms. The minimum absolute atomic E-state index is 0.0479. The number of aromatic nitrogens is 1. The van der Waals surface area contributed by atoms with Crippen LogP contribution >= 0.6 is 0 Å². The van der Waals surface area contributed by atoms with Crippen molar-refractivity contribution in [3.8, 4) is 5.75 Å². The monoisotopic (exact) mass is 466 g/mol. The first-order chi connectivity index (χ1) is 16.4. The molecule has 2 N–H and O–H groups in total. The van der Waals surface area contributed by atoms with E-state index in [9.17, 15) is 14.4 Å². The molecule has 34 heavy (non-hydrogen) atoms. The summed E-state index contributed by atoms with van der Waals surface area (Å²) in [6, 6.07) is 8.89. The van der Waals surface area contributed by atoms with Crippen molar-refractivity contribution in [1.82, 2.24) is 25.4 Å². The molecular formula is C24H30N6O4. The highest BCUT2D eigenvalue weighted by Gasteiger charge is 2.46. The highest BCUT2D eigenvalue weighted by Crippen LogP contribution is 2.34. The van der Waals surface area contributed by atoms with Crippen LogP contribution in [0.25, 0.3) is 0 Å². The lowest BCUT2D eigenvalue weighted by Gasteiger charge is -2.40. The van der Waals surface area contributed by atoms with E-state index in [-0.39, 0.29) is 12.5 Å². The molecule has 2 aliphatic heterocycles. The van der Waals surface area contributed by atoms with E-state index in [1.165, 1.54) is 7.05 Å². The van der Waals surface area contributed by atoms with Gasteiger partial charge in [0.25, 0.3) is 11.8 Å². The van der Waals surface area contributed by atoms with Gasteiger partial charge in [0.1, 0.15) is 11.6 Å². The van der Waals surface area contributed by atoms with E-state index >= 15 is 0 Å². The van der Waals surface area contributed by atoms with Gasteiger partial charge in [0, 0.05) is 57.1 Å². The Hall–Kier alpha value is -3.66. The number of fused-ring (bicyclic) bond motifs is 1. The number of carbonyl (C=O) groups is 3. The first-order valence-corrected chi connectivity index (χ1v) is 11.2. The van der Waals surface area contributed by atoms with Crippen molar-refractivity contribution in [2.75, 3.05) is 58.8 Å². The molecule has 3 amide bonds. The van der Waals surface area contributed by atoms with Crippen molar-refractivity contribution >= 4 is 24.0 Å². The molecule has 3 heterocycles. The summed E-state index contributed by atoms with van der Waals surface area (Å²) in [4.78, 5) is 49.1. The van der Waals surface area contributed by atoms with Crippen LogP contribution in [0.4, 0.5) is 5.82 Å². The van der Waals surface area contributed by atoms with Crippen LogP contribution < -0.4 is 20.3 Å². The molecule has 0 spiro atoms. The second kappa shape index (κ2) is 9.68. The third kappa shape index (κ3) is 4.16. The number of benzene rings is 1. The molecular weight excluding hydrogens is 436 g/mol. The topological polar surface area (TPSA) is 107 Å². The lowest BCUT2D eigenvalue weighted by atomic mass is 9.87. The molecule has 1 saturated heterocycles. The maximum atomic E-state index is 13.4. The summed E-state index contributed by atoms with van der Waals surface area (Å²) in [5.41, 5.74) is 0.396. The van der Waals surface area contributed by atoms with Crippen LogP contribution in [0.3, 0.4) is 0 Å². The predicted octanol–water partition coefficient (Wildman–Crippen LogP) is 0.185. The highest BCUT2D eigenvalue weighted by atomic mass is 16.5. The molecule has 180 valence electrons. The van der Waals surface area contributed by atoms with Crippen molar-refractivity contribution in [3.05, 3.63) is 53.2 Å². The van der Waals surface area contributed by atoms with Crippen LogP contribution in [0, 0.1) is 0 Å². The summed E-state index contributed by atoms with van der Waals surface area (Å²) in [5, 5.41) is 5.44. The van der Waals surface area contributed by atoms with Crippen LogP contribution in [-0.4, -0.2) is 86.9 Å². The lowest BCUT2D eigenvalue weighted by molar-refractivity contribution is -0.131. The van der Waals surface area contributed by atoms with Gasteiger partial charge in [0.15, 0.2) is 5.54 Å². The van der Waals surface area contributed by atoms with Gasteiger partial charge < -0.3 is 30.1 Å². The maximum Gasteiger partial charge on any atom is 0.254 e. The van der Waals surface area contributed by atoms with Crippen molar-refractivity contribution in [2.24, 2.45) is 0 Å². The Morgan fingerprint density at radius 2 is 2.00 bits per heavy atom. The van der Waals surface area contributed by atoms with Crippen molar-refractivity contribution in [3.63, 3.8) is 0 Å². The van der Waals surface area contributed by atoms with Crippen LogP contribution in [0.1, 0.15) is 21.5 Å². The molecule has 4 rings (SSSR count). The number of ether oxygens (including phenoxy) is 1. The predicted molar refractivity (Wildman–Crippen MR) is 127 cm³/mol. The lowest BCUT2D eigenvalue weighted by Crippen LogP contribution is -2.60. The number of carbonyl (C=O) groups excluding carboxylic acids is 3. The summed E-state index contributed by atoms with van der Waals surface area (Å²) < 4.78 is 5.27. The maximum absolute atomic E-state index is 13.4. The van der Waals surface area contributed by atoms with Gasteiger partial charge >= 0.3 is 0 Å². The molecule has 0 radical (unpaired) electrons. The number of rotatable bonds is 8. The number of amides is 3. The van der Waals surface area contributed by atoms with Crippen molar-refractivity contribution in [2.45, 2.75) is 12.1 Å². The highest BCUT2D eigenvalue weighted by molar-refractivity contribution is 6.00. The number of hydrogen-bond acceptors (Lipinski definition) is 7. The van der Waals surface area contributed by atoms with E-state index in [0.29, 0.717) is 35.6 Å². The smallest absolute Gasteiger partial charge is 0.254 e. The molecule has 1 fully saturated rings. The van der Waals surface area contributed by atoms with E-state index in [1.807, 2.05) is 6.07 Å². The van der Waals surface area contributed by atoms with Gasteiger partial charge in [-0.1, -0.05) is 12.1 Å². The molecule has 1 aromatic carbocycles. The zero-order valence-corrected chi connectivity index (χ0v) is 19.7. The minimum atomic E-state index is -1.52. The average Bonchev–Trinajstić information content (AvgIpc) is 3.17. The first kappa shape index (κ1) is 23.5. The Morgan fingerprint density at radius 1 is 1.24 bits per heavy atom. The van der Waals surface area contributed by atoms with Gasteiger partial charge in [0.05, 0.1) is 13.7 Å². The van der Waals surface area contributed by atoms with Gasteiger partial charge in [-0.2, -0.15) is 0 Å². The normalized spacial score (nSPS) is 17.7. The summed E-state index contributed by atoms with van der Waals surface area (Å²) in [6.07, 6.45) is 2.18. The molecule has 1 unspecified atom stereocenters. The van der Waals surface area contributed by atoms with Gasteiger partial charge in [-0.3, -0.25) is 14.4 Å². The van der Waals surface area contributed by atoms with E-state index in [1.54, 1.807) is 42.5 Å². The molecule has 10 nitrogen and oxygen atoms in total. The van der Waals surface area contributed by atoms with Gasteiger partial charge in [-0.15, -0.1) is 0 Å². The Balaban J connectivity index is 1.75. The number of hydrogen-bond donors (Lipinski definition) is 2. The number of likely N-dealkylation sites (N-methyl/N-ethyl adjacent to an activating group) is 2. The summed E-state index contributed by atoms with van der Waals surface area (Å²) in [7, 11) is 5.12. The Labute approximate surface area is 198 Å². The van der Waals surface area contributed by atoms with Gasteiger partial charge in [-0.25, -0.2) is 4.98 Å². The molecule has 0 aliphatic carbocycles. The SMILES string of the molecule is CNC(=O)C(CN1Cc2ccc(OC)cc2C1=O)(NC=O)c1cccnc1N1CCN(C)CC1. The number of nitrogens with one attached hydrogen (secondary N) is 2.